The maximum Gasteiger partial charge on any atom is 0.323 e. The van der Waals surface area contributed by atoms with Crippen LogP contribution >= 0.6 is 11.3 Å². The van der Waals surface area contributed by atoms with E-state index in [1.54, 1.807) is 16.2 Å². The number of amides is 2. The van der Waals surface area contributed by atoms with Crippen LogP contribution in [0.5, 0.6) is 5.75 Å². The molecule has 4 aromatic rings. The summed E-state index contributed by atoms with van der Waals surface area (Å²) in [7, 11) is 0. The minimum absolute atomic E-state index is 0.181. The van der Waals surface area contributed by atoms with Gasteiger partial charge < -0.3 is 19.5 Å². The molecule has 0 fully saturated rings. The number of urea groups is 1. The number of carbonyl (C=O) groups is 1. The van der Waals surface area contributed by atoms with Crippen molar-refractivity contribution in [3.05, 3.63) is 99.7 Å². The van der Waals surface area contributed by atoms with Crippen LogP contribution in [0.3, 0.4) is 0 Å². The first-order valence-corrected chi connectivity index (χ1v) is 13.4. The van der Waals surface area contributed by atoms with E-state index < -0.39 is 23.7 Å². The lowest BCUT2D eigenvalue weighted by Gasteiger charge is -2.31. The second-order valence-electron chi connectivity index (χ2n) is 9.39. The summed E-state index contributed by atoms with van der Waals surface area (Å²) in [5.74, 6) is -0.584. The number of aromatic nitrogens is 1. The highest BCUT2D eigenvalue weighted by Gasteiger charge is 2.36. The van der Waals surface area contributed by atoms with Crippen molar-refractivity contribution in [2.24, 2.45) is 0 Å². The number of carbonyl (C=O) groups excluding carboxylic acids is 1. The Labute approximate surface area is 218 Å². The summed E-state index contributed by atoms with van der Waals surface area (Å²) < 4.78 is 36.4. The third kappa shape index (κ3) is 4.29. The number of nitrogens with one attached hydrogen (secondary N) is 1. The monoisotopic (exact) mass is 519 g/mol. The van der Waals surface area contributed by atoms with Crippen LogP contribution in [-0.4, -0.2) is 22.1 Å². The van der Waals surface area contributed by atoms with Gasteiger partial charge in [0.15, 0.2) is 0 Å². The van der Waals surface area contributed by atoms with E-state index in [1.165, 1.54) is 16.9 Å². The predicted octanol–water partition coefficient (Wildman–Crippen LogP) is 7.23. The quantitative estimate of drug-likeness (QED) is 0.309. The van der Waals surface area contributed by atoms with Gasteiger partial charge in [-0.1, -0.05) is 12.1 Å². The number of hydrogen-bond acceptors (Lipinski definition) is 3. The fourth-order valence-electron chi connectivity index (χ4n) is 5.46. The first-order valence-electron chi connectivity index (χ1n) is 12.6. The van der Waals surface area contributed by atoms with Gasteiger partial charge in [-0.2, -0.15) is 0 Å². The van der Waals surface area contributed by atoms with E-state index in [2.05, 4.69) is 9.88 Å². The molecule has 2 aliphatic rings. The maximum absolute atomic E-state index is 14.5. The van der Waals surface area contributed by atoms with Gasteiger partial charge in [0.25, 0.3) is 0 Å². The summed E-state index contributed by atoms with van der Waals surface area (Å²) in [5, 5.41) is 3.78. The van der Waals surface area contributed by atoms with Gasteiger partial charge in [-0.15, -0.1) is 11.3 Å². The molecule has 1 atom stereocenters. The molecule has 6 rings (SSSR count). The Hall–Kier alpha value is -3.65. The molecular formula is C29H27F2N3O2S. The van der Waals surface area contributed by atoms with Crippen LogP contribution in [0, 0.1) is 11.6 Å². The molecule has 0 bridgehead atoms. The van der Waals surface area contributed by atoms with E-state index in [4.69, 9.17) is 4.74 Å². The second-order valence-corrected chi connectivity index (χ2v) is 10.5. The second kappa shape index (κ2) is 9.67. The Balaban J connectivity index is 1.50. The Morgan fingerprint density at radius 3 is 2.81 bits per heavy atom. The molecule has 8 heteroatoms. The number of ether oxygens (including phenoxy) is 1. The predicted molar refractivity (Wildman–Crippen MR) is 141 cm³/mol. The number of hydrogen-bond donors (Lipinski definition) is 1. The third-order valence-electron chi connectivity index (χ3n) is 7.09. The Bertz CT molecular complexity index is 1480. The molecule has 3 heterocycles. The van der Waals surface area contributed by atoms with Crippen LogP contribution in [0.25, 0.3) is 5.00 Å². The van der Waals surface area contributed by atoms with E-state index in [-0.39, 0.29) is 5.69 Å². The molecular weight excluding hydrogens is 492 g/mol. The molecule has 1 N–H and O–H groups in total. The molecule has 2 aromatic heterocycles. The summed E-state index contributed by atoms with van der Waals surface area (Å²) in [5.41, 5.74) is 4.09. The normalized spacial score (nSPS) is 16.4. The van der Waals surface area contributed by atoms with E-state index in [1.807, 2.05) is 49.5 Å². The number of rotatable bonds is 4. The molecule has 0 saturated carbocycles. The van der Waals surface area contributed by atoms with Crippen LogP contribution in [0.1, 0.15) is 53.1 Å². The van der Waals surface area contributed by atoms with Gasteiger partial charge in [0, 0.05) is 22.7 Å². The van der Waals surface area contributed by atoms with Crippen molar-refractivity contribution in [1.29, 1.82) is 0 Å². The molecule has 2 amide bonds. The van der Waals surface area contributed by atoms with Crippen molar-refractivity contribution in [2.45, 2.75) is 45.2 Å². The van der Waals surface area contributed by atoms with Crippen molar-refractivity contribution in [3.63, 3.8) is 0 Å². The average Bonchev–Trinajstić information content (AvgIpc) is 3.48. The van der Waals surface area contributed by atoms with Gasteiger partial charge in [-0.25, -0.2) is 13.6 Å². The number of halogens is 2. The van der Waals surface area contributed by atoms with Crippen LogP contribution in [0.15, 0.2) is 60.8 Å². The van der Waals surface area contributed by atoms with Gasteiger partial charge in [0.1, 0.15) is 22.4 Å². The third-order valence-corrected chi connectivity index (χ3v) is 8.43. The smallest absolute Gasteiger partial charge is 0.323 e. The van der Waals surface area contributed by atoms with E-state index in [0.717, 1.165) is 59.3 Å². The first kappa shape index (κ1) is 23.7. The molecule has 0 saturated heterocycles. The van der Waals surface area contributed by atoms with Crippen molar-refractivity contribution < 1.29 is 18.3 Å². The standard InChI is InChI=1S/C29H27F2N3O2S/c1-2-36-20-8-5-7-18(15-20)27-25-10-6-14-33(25)28-22(21-9-3-4-11-26(21)37-28)17-34(27)29(35)32-24-16-19(30)12-13-23(24)31/h5-8,10,12-16,27H,2-4,9,11,17H2,1H3,(H,32,35). The zero-order chi connectivity index (χ0) is 25.5. The lowest BCUT2D eigenvalue weighted by Crippen LogP contribution is -2.38. The molecule has 1 unspecified atom stereocenters. The highest BCUT2D eigenvalue weighted by molar-refractivity contribution is 7.15. The molecule has 1 aliphatic carbocycles. The zero-order valence-electron chi connectivity index (χ0n) is 20.5. The highest BCUT2D eigenvalue weighted by atomic mass is 32.1. The lowest BCUT2D eigenvalue weighted by molar-refractivity contribution is 0.194. The molecule has 37 heavy (non-hydrogen) atoms. The molecule has 0 spiro atoms. The van der Waals surface area contributed by atoms with Crippen molar-refractivity contribution in [2.75, 3.05) is 11.9 Å². The van der Waals surface area contributed by atoms with Crippen LogP contribution < -0.4 is 10.1 Å². The largest absolute Gasteiger partial charge is 0.494 e. The van der Waals surface area contributed by atoms with Crippen LogP contribution in [-0.2, 0) is 19.4 Å². The van der Waals surface area contributed by atoms with E-state index >= 15 is 0 Å². The van der Waals surface area contributed by atoms with Crippen molar-refractivity contribution in [3.8, 4) is 10.8 Å². The van der Waals surface area contributed by atoms with Gasteiger partial charge in [0.05, 0.1) is 30.6 Å². The molecule has 190 valence electrons. The number of nitrogens with zero attached hydrogens (tertiary/aromatic N) is 2. The first-order chi connectivity index (χ1) is 18.0. The van der Waals surface area contributed by atoms with E-state index in [9.17, 15) is 13.6 Å². The van der Waals surface area contributed by atoms with Gasteiger partial charge in [0.2, 0.25) is 0 Å². The SMILES string of the molecule is CCOc1cccc(C2c3cccn3-c3sc4c(c3CN2C(=O)Nc2cc(F)ccc2F)CCCC4)c1. The minimum Gasteiger partial charge on any atom is -0.494 e. The van der Waals surface area contributed by atoms with Gasteiger partial charge in [-0.05, 0) is 80.1 Å². The lowest BCUT2D eigenvalue weighted by atomic mass is 9.95. The Morgan fingerprint density at radius 2 is 1.95 bits per heavy atom. The fourth-order valence-corrected chi connectivity index (χ4v) is 6.86. The van der Waals surface area contributed by atoms with Crippen molar-refractivity contribution in [1.82, 2.24) is 9.47 Å². The summed E-state index contributed by atoms with van der Waals surface area (Å²) >= 11 is 1.80. The Kier molecular flexibility index (Phi) is 6.20. The summed E-state index contributed by atoms with van der Waals surface area (Å²) in [4.78, 5) is 17.0. The minimum atomic E-state index is -0.684. The molecule has 5 nitrogen and oxygen atoms in total. The summed E-state index contributed by atoms with van der Waals surface area (Å²) in [6.45, 7) is 2.81. The number of thiophene rings is 1. The maximum atomic E-state index is 14.5. The fraction of sp³-hybridized carbons (Fsp3) is 0.276. The van der Waals surface area contributed by atoms with Gasteiger partial charge in [-0.3, -0.25) is 0 Å². The topological polar surface area (TPSA) is 46.5 Å². The molecule has 0 radical (unpaired) electrons. The van der Waals surface area contributed by atoms with Crippen LogP contribution in [0.2, 0.25) is 0 Å². The molecule has 2 aromatic carbocycles. The highest BCUT2D eigenvalue weighted by Crippen LogP contribution is 2.44. The molecule has 1 aliphatic heterocycles. The summed E-state index contributed by atoms with van der Waals surface area (Å²) in [6.07, 6.45) is 6.36. The summed E-state index contributed by atoms with van der Waals surface area (Å²) in [6, 6.07) is 13.9. The van der Waals surface area contributed by atoms with Crippen LogP contribution in [0.4, 0.5) is 19.3 Å². The number of aryl methyl sites for hydroxylation is 1. The van der Waals surface area contributed by atoms with E-state index in [0.29, 0.717) is 18.9 Å². The number of benzene rings is 2. The average molecular weight is 520 g/mol. The number of anilines is 1. The number of fused-ring (bicyclic) bond motifs is 5. The zero-order valence-corrected chi connectivity index (χ0v) is 21.3. The van der Waals surface area contributed by atoms with Crippen molar-refractivity contribution >= 4 is 23.1 Å². The Morgan fingerprint density at radius 1 is 1.08 bits per heavy atom. The van der Waals surface area contributed by atoms with Gasteiger partial charge >= 0.3 is 6.03 Å².